The molecule has 1 rings (SSSR count). The predicted molar refractivity (Wildman–Crippen MR) is 58.1 cm³/mol. The molecule has 0 aliphatic heterocycles. The number of anilines is 1. The van der Waals surface area contributed by atoms with Crippen LogP contribution in [0, 0.1) is 6.54 Å². The van der Waals surface area contributed by atoms with E-state index in [9.17, 15) is 18.0 Å². The Morgan fingerprint density at radius 1 is 1.21 bits per heavy atom. The van der Waals surface area contributed by atoms with Gasteiger partial charge in [-0.05, 0) is 24.3 Å². The first-order valence-electron chi connectivity index (χ1n) is 4.89. The van der Waals surface area contributed by atoms with Crippen molar-refractivity contribution >= 4 is 11.6 Å². The van der Waals surface area contributed by atoms with Gasteiger partial charge in [0, 0.05) is 54.7 Å². The van der Waals surface area contributed by atoms with Gasteiger partial charge in [-0.1, -0.05) is 6.54 Å². The molecule has 2 N–H and O–H groups in total. The Morgan fingerprint density at radius 3 is 2.16 bits per heavy atom. The van der Waals surface area contributed by atoms with Crippen molar-refractivity contribution in [3.8, 4) is 0 Å². The second-order valence-electron chi connectivity index (χ2n) is 3.36. The summed E-state index contributed by atoms with van der Waals surface area (Å²) in [6.45, 7) is 3.23. The van der Waals surface area contributed by atoms with Crippen LogP contribution in [0.15, 0.2) is 24.3 Å². The topological polar surface area (TPSA) is 41.1 Å². The number of rotatable bonds is 4. The molecule has 0 aromatic heterocycles. The monoisotopic (exact) mass is 613 g/mol. The zero-order valence-electron chi connectivity index (χ0n) is 9.95. The smallest absolute Gasteiger partial charge is 0.416 e. The second-order valence-corrected chi connectivity index (χ2v) is 3.36. The van der Waals surface area contributed by atoms with Gasteiger partial charge >= 0.3 is 6.18 Å². The maximum absolute atomic E-state index is 12.2. The van der Waals surface area contributed by atoms with E-state index in [0.29, 0.717) is 12.2 Å². The number of nitrogens with one attached hydrogen (secondary N) is 2. The van der Waals surface area contributed by atoms with Crippen LogP contribution in [0.3, 0.4) is 0 Å². The van der Waals surface area contributed by atoms with Crippen molar-refractivity contribution in [3.63, 3.8) is 0 Å². The summed E-state index contributed by atoms with van der Waals surface area (Å²) in [6.07, 6.45) is -4.32. The third-order valence-corrected chi connectivity index (χ3v) is 1.93. The van der Waals surface area contributed by atoms with Crippen LogP contribution in [0.25, 0.3) is 0 Å². The molecule has 0 fully saturated rings. The van der Waals surface area contributed by atoms with Crippen LogP contribution >= 0.6 is 0 Å². The standard InChI is InChI=1S/C11H12F3N2O.2W/c1-8(17)15-6-7-16-10-4-2-9(3-5-10)11(12,13)14;;/h2-5,7,16H,6H2,1H3,(H,15,17);;/q-1;;. The van der Waals surface area contributed by atoms with Crippen LogP contribution < -0.4 is 10.6 Å². The van der Waals surface area contributed by atoms with Crippen molar-refractivity contribution in [2.75, 3.05) is 11.9 Å². The fraction of sp³-hybridized carbons (Fsp3) is 0.273. The number of carbonyl (C=O) groups is 1. The molecule has 8 heteroatoms. The molecule has 1 amide bonds. The summed E-state index contributed by atoms with van der Waals surface area (Å²) < 4.78 is 36.7. The van der Waals surface area contributed by atoms with Crippen LogP contribution in [-0.4, -0.2) is 12.5 Å². The van der Waals surface area contributed by atoms with Gasteiger partial charge in [-0.15, -0.1) is 0 Å². The number of hydrogen-bond acceptors (Lipinski definition) is 2. The molecule has 0 aliphatic rings. The molecule has 106 valence electrons. The van der Waals surface area contributed by atoms with Crippen molar-refractivity contribution in [1.82, 2.24) is 5.32 Å². The van der Waals surface area contributed by atoms with Crippen LogP contribution in [0.4, 0.5) is 18.9 Å². The van der Waals surface area contributed by atoms with Gasteiger partial charge in [0.2, 0.25) is 5.91 Å². The summed E-state index contributed by atoms with van der Waals surface area (Å²) in [7, 11) is 0. The second kappa shape index (κ2) is 9.54. The molecule has 1 aromatic carbocycles. The number of carbonyl (C=O) groups excluding carboxylic acids is 1. The summed E-state index contributed by atoms with van der Waals surface area (Å²) in [6, 6.07) is 4.64. The number of benzene rings is 1. The minimum atomic E-state index is -4.32. The zero-order valence-corrected chi connectivity index (χ0v) is 15.8. The average Bonchev–Trinajstić information content (AvgIpc) is 2.23. The first-order chi connectivity index (χ1) is 7.89. The number of amides is 1. The van der Waals surface area contributed by atoms with Gasteiger partial charge in [-0.2, -0.15) is 13.2 Å². The molecule has 3 nitrogen and oxygen atoms in total. The first-order valence-corrected chi connectivity index (χ1v) is 4.89. The van der Waals surface area contributed by atoms with Gasteiger partial charge < -0.3 is 10.6 Å². The third kappa shape index (κ3) is 8.43. The van der Waals surface area contributed by atoms with Crippen molar-refractivity contribution < 1.29 is 60.1 Å². The van der Waals surface area contributed by atoms with Crippen LogP contribution in [0.2, 0.25) is 0 Å². The van der Waals surface area contributed by atoms with E-state index in [4.69, 9.17) is 0 Å². The van der Waals surface area contributed by atoms with Crippen molar-refractivity contribution in [2.45, 2.75) is 13.1 Å². The van der Waals surface area contributed by atoms with Crippen LogP contribution in [0.1, 0.15) is 12.5 Å². The van der Waals surface area contributed by atoms with E-state index in [2.05, 4.69) is 10.6 Å². The fourth-order valence-corrected chi connectivity index (χ4v) is 1.12. The first kappa shape index (κ1) is 21.0. The molecule has 0 saturated carbocycles. The van der Waals surface area contributed by atoms with Gasteiger partial charge in [-0.25, -0.2) is 6.54 Å². The Morgan fingerprint density at radius 2 is 1.74 bits per heavy atom. The summed E-state index contributed by atoms with van der Waals surface area (Å²) >= 11 is 0. The maximum Gasteiger partial charge on any atom is 0.416 e. The van der Waals surface area contributed by atoms with Crippen LogP contribution in [-0.2, 0) is 53.1 Å². The van der Waals surface area contributed by atoms with Crippen LogP contribution in [0.5, 0.6) is 0 Å². The van der Waals surface area contributed by atoms with E-state index >= 15 is 0 Å². The van der Waals surface area contributed by atoms with E-state index < -0.39 is 11.7 Å². The normalized spacial score (nSPS) is 9.89. The zero-order chi connectivity index (χ0) is 12.9. The Bertz CT molecular complexity index is 383. The van der Waals surface area contributed by atoms with E-state index in [1.807, 2.05) is 0 Å². The molecule has 0 bridgehead atoms. The molecule has 0 radical (unpaired) electrons. The van der Waals surface area contributed by atoms with E-state index in [1.165, 1.54) is 19.1 Å². The Balaban J connectivity index is 0. The fourth-order valence-electron chi connectivity index (χ4n) is 1.12. The minimum absolute atomic E-state index is 0. The summed E-state index contributed by atoms with van der Waals surface area (Å²) in [5.74, 6) is -0.171. The van der Waals surface area contributed by atoms with Gasteiger partial charge in [0.15, 0.2) is 0 Å². The minimum Gasteiger partial charge on any atom is -0.534 e. The molecular weight excluding hydrogens is 601 g/mol. The molecule has 0 saturated heterocycles. The quantitative estimate of drug-likeness (QED) is 0.405. The summed E-state index contributed by atoms with van der Waals surface area (Å²) in [5.41, 5.74) is -0.159. The molecule has 0 aliphatic carbocycles. The average molecular weight is 613 g/mol. The van der Waals surface area contributed by atoms with Gasteiger partial charge in [0.1, 0.15) is 0 Å². The molecule has 0 spiro atoms. The molecular formula is C11H12F3N2OW2-. The van der Waals surface area contributed by atoms with Crippen molar-refractivity contribution in [1.29, 1.82) is 0 Å². The van der Waals surface area contributed by atoms with Gasteiger partial charge in [0.05, 0.1) is 5.56 Å². The molecule has 0 heterocycles. The third-order valence-electron chi connectivity index (χ3n) is 1.93. The molecule has 0 atom stereocenters. The van der Waals surface area contributed by atoms with Gasteiger partial charge in [-0.3, -0.25) is 4.79 Å². The predicted octanol–water partition coefficient (Wildman–Crippen LogP) is 2.41. The molecule has 0 unspecified atom stereocenters. The number of halogens is 3. The van der Waals surface area contributed by atoms with E-state index in [-0.39, 0.29) is 48.0 Å². The summed E-state index contributed by atoms with van der Waals surface area (Å²) in [4.78, 5) is 10.5. The van der Waals surface area contributed by atoms with Crippen molar-refractivity contribution in [3.05, 3.63) is 36.4 Å². The Labute approximate surface area is 138 Å². The van der Waals surface area contributed by atoms with E-state index in [1.54, 1.807) is 6.54 Å². The number of hydrogen-bond donors (Lipinski definition) is 2. The number of alkyl halides is 3. The van der Waals surface area contributed by atoms with Gasteiger partial charge in [0.25, 0.3) is 0 Å². The largest absolute Gasteiger partial charge is 0.534 e. The Kier molecular flexibility index (Phi) is 10.5. The molecule has 19 heavy (non-hydrogen) atoms. The Hall–Kier alpha value is -0.343. The van der Waals surface area contributed by atoms with Crippen molar-refractivity contribution in [2.24, 2.45) is 0 Å². The maximum atomic E-state index is 12.2. The SMILES string of the molecule is CC(=O)NC[CH-]Nc1ccc(C(F)(F)F)cc1.[W].[W]. The van der Waals surface area contributed by atoms with E-state index in [0.717, 1.165) is 12.1 Å². The molecule has 1 aromatic rings. The summed E-state index contributed by atoms with van der Waals surface area (Å²) in [5, 5.41) is 5.29.